The van der Waals surface area contributed by atoms with Gasteiger partial charge in [-0.1, -0.05) is 0 Å². The van der Waals surface area contributed by atoms with Gasteiger partial charge in [-0.05, 0) is 54.5 Å². The number of hydrogen-bond acceptors (Lipinski definition) is 1. The van der Waals surface area contributed by atoms with Gasteiger partial charge in [-0.25, -0.2) is 0 Å². The molecule has 4 unspecified atom stereocenters. The fourth-order valence-electron chi connectivity index (χ4n) is 3.83. The molecule has 4 atom stereocenters. The molecule has 1 heterocycles. The van der Waals surface area contributed by atoms with E-state index in [2.05, 4.69) is 0 Å². The Morgan fingerprint density at radius 3 is 2.15 bits per heavy atom. The van der Waals surface area contributed by atoms with Crippen LogP contribution in [0.3, 0.4) is 0 Å². The Balaban J connectivity index is 1.79. The van der Waals surface area contributed by atoms with Crippen LogP contribution in [0.4, 0.5) is 4.79 Å². The molecule has 3 aliphatic rings. The van der Waals surface area contributed by atoms with Crippen LogP contribution in [0.2, 0.25) is 0 Å². The smallest absolute Gasteiger partial charge is 0.316 e. The lowest BCUT2D eigenvalue weighted by Gasteiger charge is -2.22. The van der Waals surface area contributed by atoms with E-state index in [-0.39, 0.29) is 5.37 Å². The maximum atomic E-state index is 11.0. The van der Waals surface area contributed by atoms with Gasteiger partial charge < -0.3 is 4.90 Å². The third-order valence-corrected chi connectivity index (χ3v) is 4.62. The fourth-order valence-corrected chi connectivity index (χ4v) is 3.96. The zero-order valence-electron chi connectivity index (χ0n) is 7.58. The second kappa shape index (κ2) is 2.63. The molecule has 3 heteroatoms. The fraction of sp³-hybridized carbons (Fsp3) is 0.900. The summed E-state index contributed by atoms with van der Waals surface area (Å²) in [7, 11) is 0. The molecular weight excluding hydrogens is 186 g/mol. The van der Waals surface area contributed by atoms with Gasteiger partial charge in [0.2, 0.25) is 0 Å². The van der Waals surface area contributed by atoms with Crippen LogP contribution in [0.5, 0.6) is 0 Å². The van der Waals surface area contributed by atoms with Crippen LogP contribution in [0.25, 0.3) is 0 Å². The molecule has 2 bridgehead atoms. The van der Waals surface area contributed by atoms with E-state index in [9.17, 15) is 4.79 Å². The molecule has 0 aromatic carbocycles. The monoisotopic (exact) mass is 199 g/mol. The first-order valence-electron chi connectivity index (χ1n) is 5.20. The maximum Gasteiger partial charge on any atom is 0.316 e. The van der Waals surface area contributed by atoms with E-state index < -0.39 is 0 Å². The summed E-state index contributed by atoms with van der Waals surface area (Å²) < 4.78 is 0. The molecule has 2 saturated carbocycles. The largest absolute Gasteiger partial charge is 0.329 e. The van der Waals surface area contributed by atoms with Gasteiger partial charge in [0.15, 0.2) is 0 Å². The summed E-state index contributed by atoms with van der Waals surface area (Å²) in [5.41, 5.74) is 0. The number of carbonyl (C=O) groups is 1. The lowest BCUT2D eigenvalue weighted by atomic mass is 9.82. The molecule has 13 heavy (non-hydrogen) atoms. The van der Waals surface area contributed by atoms with E-state index >= 15 is 0 Å². The summed E-state index contributed by atoms with van der Waals surface area (Å²) in [5.74, 6) is 3.41. The van der Waals surface area contributed by atoms with E-state index in [1.165, 1.54) is 19.3 Å². The molecule has 1 saturated heterocycles. The van der Waals surface area contributed by atoms with Crippen molar-refractivity contribution in [3.63, 3.8) is 0 Å². The average Bonchev–Trinajstić information content (AvgIpc) is 2.76. The molecule has 2 nitrogen and oxygen atoms in total. The van der Waals surface area contributed by atoms with Crippen molar-refractivity contribution in [2.75, 3.05) is 13.1 Å². The third kappa shape index (κ3) is 1.04. The van der Waals surface area contributed by atoms with Crippen LogP contribution in [0.15, 0.2) is 0 Å². The Morgan fingerprint density at radius 1 is 1.15 bits per heavy atom. The number of hydrogen-bond donors (Lipinski definition) is 0. The van der Waals surface area contributed by atoms with Gasteiger partial charge in [0.1, 0.15) is 0 Å². The Bertz CT molecular complexity index is 237. The van der Waals surface area contributed by atoms with Crippen LogP contribution in [-0.4, -0.2) is 23.4 Å². The molecule has 0 spiro atoms. The minimum atomic E-state index is -0.242. The third-order valence-electron chi connectivity index (χ3n) is 4.39. The Kier molecular flexibility index (Phi) is 1.64. The van der Waals surface area contributed by atoms with E-state index in [0.29, 0.717) is 0 Å². The first kappa shape index (κ1) is 8.10. The van der Waals surface area contributed by atoms with Crippen molar-refractivity contribution in [1.82, 2.24) is 4.90 Å². The predicted molar refractivity (Wildman–Crippen MR) is 50.6 cm³/mol. The highest BCUT2D eigenvalue weighted by Gasteiger charge is 2.52. The quantitative estimate of drug-likeness (QED) is 0.433. The zero-order valence-corrected chi connectivity index (χ0v) is 8.33. The minimum Gasteiger partial charge on any atom is -0.329 e. The first-order chi connectivity index (χ1) is 6.25. The van der Waals surface area contributed by atoms with Gasteiger partial charge in [-0.2, -0.15) is 0 Å². The van der Waals surface area contributed by atoms with Gasteiger partial charge in [0.25, 0.3) is 0 Å². The second-order valence-electron chi connectivity index (χ2n) is 4.82. The SMILES string of the molecule is O=C(Cl)N1CC2C3CCC(C3)C2C1. The van der Waals surface area contributed by atoms with Crippen molar-refractivity contribution in [3.05, 3.63) is 0 Å². The number of halogens is 1. The lowest BCUT2D eigenvalue weighted by Crippen LogP contribution is -2.25. The summed E-state index contributed by atoms with van der Waals surface area (Å²) in [6.45, 7) is 1.88. The highest BCUT2D eigenvalue weighted by molar-refractivity contribution is 6.62. The van der Waals surface area contributed by atoms with E-state index in [1.807, 2.05) is 4.90 Å². The first-order valence-corrected chi connectivity index (χ1v) is 5.58. The number of fused-ring (bicyclic) bond motifs is 5. The van der Waals surface area contributed by atoms with Gasteiger partial charge in [-0.15, -0.1) is 0 Å². The molecule has 2 aliphatic carbocycles. The summed E-state index contributed by atoms with van der Waals surface area (Å²) in [6.07, 6.45) is 4.23. The number of likely N-dealkylation sites (tertiary alicyclic amines) is 1. The summed E-state index contributed by atoms with van der Waals surface area (Å²) in [6, 6.07) is 0. The summed E-state index contributed by atoms with van der Waals surface area (Å²) in [4.78, 5) is 12.8. The topological polar surface area (TPSA) is 20.3 Å². The highest BCUT2D eigenvalue weighted by Crippen LogP contribution is 2.55. The number of nitrogens with zero attached hydrogens (tertiary/aromatic N) is 1. The van der Waals surface area contributed by atoms with E-state index in [4.69, 9.17) is 11.6 Å². The van der Waals surface area contributed by atoms with Gasteiger partial charge in [0.05, 0.1) is 0 Å². The standard InChI is InChI=1S/C10H14ClNO/c11-10(13)12-4-8-6-1-2-7(3-6)9(8)5-12/h6-9H,1-5H2. The summed E-state index contributed by atoms with van der Waals surface area (Å²) in [5, 5.41) is -0.242. The lowest BCUT2D eigenvalue weighted by molar-refractivity contribution is 0.226. The van der Waals surface area contributed by atoms with Crippen molar-refractivity contribution in [3.8, 4) is 0 Å². The Hall–Kier alpha value is -0.240. The van der Waals surface area contributed by atoms with Crippen molar-refractivity contribution in [2.45, 2.75) is 19.3 Å². The molecule has 0 radical (unpaired) electrons. The Labute approximate surface area is 83.2 Å². The molecule has 1 aliphatic heterocycles. The van der Waals surface area contributed by atoms with Gasteiger partial charge in [-0.3, -0.25) is 4.79 Å². The highest BCUT2D eigenvalue weighted by atomic mass is 35.5. The Morgan fingerprint density at radius 2 is 1.69 bits per heavy atom. The molecule has 3 rings (SSSR count). The number of carbonyl (C=O) groups excluding carboxylic acids is 1. The van der Waals surface area contributed by atoms with Crippen LogP contribution < -0.4 is 0 Å². The number of rotatable bonds is 0. The molecular formula is C10H14ClNO. The van der Waals surface area contributed by atoms with Crippen molar-refractivity contribution < 1.29 is 4.79 Å². The molecule has 3 fully saturated rings. The maximum absolute atomic E-state index is 11.0. The van der Waals surface area contributed by atoms with Gasteiger partial charge >= 0.3 is 5.37 Å². The van der Waals surface area contributed by atoms with Crippen LogP contribution in [-0.2, 0) is 0 Å². The molecule has 1 amide bonds. The van der Waals surface area contributed by atoms with Crippen molar-refractivity contribution in [1.29, 1.82) is 0 Å². The molecule has 0 N–H and O–H groups in total. The molecule has 0 aromatic rings. The number of amides is 1. The normalized spacial score (nSPS) is 47.0. The molecule has 72 valence electrons. The van der Waals surface area contributed by atoms with Crippen molar-refractivity contribution >= 4 is 17.0 Å². The molecule has 0 aromatic heterocycles. The van der Waals surface area contributed by atoms with Crippen molar-refractivity contribution in [2.24, 2.45) is 23.7 Å². The average molecular weight is 200 g/mol. The predicted octanol–water partition coefficient (Wildman–Crippen LogP) is 2.32. The minimum absolute atomic E-state index is 0.242. The van der Waals surface area contributed by atoms with E-state index in [1.54, 1.807) is 0 Å². The zero-order chi connectivity index (χ0) is 9.00. The van der Waals surface area contributed by atoms with Gasteiger partial charge in [0, 0.05) is 13.1 Å². The van der Waals surface area contributed by atoms with Crippen LogP contribution in [0.1, 0.15) is 19.3 Å². The van der Waals surface area contributed by atoms with Crippen LogP contribution >= 0.6 is 11.6 Å². The summed E-state index contributed by atoms with van der Waals surface area (Å²) >= 11 is 5.50. The second-order valence-corrected chi connectivity index (χ2v) is 5.14. The van der Waals surface area contributed by atoms with Crippen LogP contribution in [0, 0.1) is 23.7 Å². The van der Waals surface area contributed by atoms with E-state index in [0.717, 1.165) is 36.8 Å².